The molecule has 10 heteroatoms. The van der Waals surface area contributed by atoms with Crippen LogP contribution in [0.1, 0.15) is 35.8 Å². The van der Waals surface area contributed by atoms with E-state index in [0.29, 0.717) is 42.0 Å². The van der Waals surface area contributed by atoms with Gasteiger partial charge in [-0.25, -0.2) is 4.98 Å². The number of pyridine rings is 1. The lowest BCUT2D eigenvalue weighted by molar-refractivity contribution is -0.114. The Hall–Kier alpha value is -3.50. The van der Waals surface area contributed by atoms with E-state index in [9.17, 15) is 18.0 Å². The molecule has 0 aliphatic heterocycles. The molecule has 1 amide bonds. The molecule has 1 aliphatic carbocycles. The van der Waals surface area contributed by atoms with E-state index in [4.69, 9.17) is 4.18 Å². The van der Waals surface area contributed by atoms with Gasteiger partial charge in [0.25, 0.3) is 10.1 Å². The third-order valence-electron chi connectivity index (χ3n) is 5.54. The van der Waals surface area contributed by atoms with Crippen LogP contribution in [-0.2, 0) is 25.5 Å². The zero-order chi connectivity index (χ0) is 24.3. The van der Waals surface area contributed by atoms with Gasteiger partial charge in [-0.15, -0.1) is 0 Å². The van der Waals surface area contributed by atoms with E-state index >= 15 is 0 Å². The molecular weight excluding hydrogens is 456 g/mol. The average Bonchev–Trinajstić information content (AvgIpc) is 3.12. The van der Waals surface area contributed by atoms with Crippen LogP contribution < -0.4 is 10.6 Å². The number of para-hydroxylation sites is 1. The molecule has 1 aromatic carbocycles. The number of hydrogen-bond donors (Lipinski definition) is 3. The molecule has 0 radical (unpaired) electrons. The summed E-state index contributed by atoms with van der Waals surface area (Å²) in [6, 6.07) is 13.1. The zero-order valence-electron chi connectivity index (χ0n) is 18.9. The van der Waals surface area contributed by atoms with E-state index in [1.54, 1.807) is 18.3 Å². The van der Waals surface area contributed by atoms with Crippen LogP contribution in [0.25, 0.3) is 11.3 Å². The van der Waals surface area contributed by atoms with Crippen LogP contribution in [0.4, 0.5) is 17.2 Å². The lowest BCUT2D eigenvalue weighted by atomic mass is 9.84. The van der Waals surface area contributed by atoms with Gasteiger partial charge in [0, 0.05) is 36.5 Å². The number of anilines is 3. The lowest BCUT2D eigenvalue weighted by Crippen LogP contribution is -2.22. The Morgan fingerprint density at radius 3 is 2.68 bits per heavy atom. The second kappa shape index (κ2) is 9.78. The number of H-pyrrole nitrogens is 1. The largest absolute Gasteiger partial charge is 0.356 e. The van der Waals surface area contributed by atoms with Crippen LogP contribution in [0, 0.1) is 5.92 Å². The molecule has 34 heavy (non-hydrogen) atoms. The quantitative estimate of drug-likeness (QED) is 0.415. The summed E-state index contributed by atoms with van der Waals surface area (Å²) in [6.45, 7) is 1.45. The number of carbonyl (C=O) groups excluding carboxylic acids is 2. The number of Topliss-reactive ketones (excluding diaryl/α,β-unsaturated/α-hetero) is 1. The fraction of sp³-hybridized carbons (Fsp3) is 0.292. The molecule has 0 saturated heterocycles. The Balaban J connectivity index is 1.70. The van der Waals surface area contributed by atoms with Crippen molar-refractivity contribution in [3.05, 3.63) is 59.9 Å². The van der Waals surface area contributed by atoms with Crippen molar-refractivity contribution in [2.24, 2.45) is 5.92 Å². The predicted octanol–water partition coefficient (Wildman–Crippen LogP) is 3.89. The van der Waals surface area contributed by atoms with E-state index in [1.165, 1.54) is 6.92 Å². The summed E-state index contributed by atoms with van der Waals surface area (Å²) in [7, 11) is -3.52. The number of aromatic amines is 1. The number of nitrogens with one attached hydrogen (secondary N) is 3. The predicted molar refractivity (Wildman–Crippen MR) is 130 cm³/mol. The Kier molecular flexibility index (Phi) is 6.80. The van der Waals surface area contributed by atoms with E-state index < -0.39 is 10.1 Å². The minimum absolute atomic E-state index is 0.0253. The lowest BCUT2D eigenvalue weighted by Gasteiger charge is -2.21. The van der Waals surface area contributed by atoms with Gasteiger partial charge in [0.05, 0.1) is 29.8 Å². The van der Waals surface area contributed by atoms with Crippen LogP contribution in [0.15, 0.2) is 48.7 Å². The van der Waals surface area contributed by atoms with Gasteiger partial charge in [0.2, 0.25) is 5.91 Å². The van der Waals surface area contributed by atoms with Crippen molar-refractivity contribution in [2.45, 2.75) is 26.2 Å². The number of nitrogens with zero attached hydrogens (tertiary/aromatic N) is 1. The molecule has 0 saturated carbocycles. The summed E-state index contributed by atoms with van der Waals surface area (Å²) in [5.74, 6) is 0.116. The summed E-state index contributed by atoms with van der Waals surface area (Å²) >= 11 is 0. The van der Waals surface area contributed by atoms with Gasteiger partial charge in [-0.2, -0.15) is 8.42 Å². The maximum absolute atomic E-state index is 13.2. The Labute approximate surface area is 198 Å². The second-order valence-corrected chi connectivity index (χ2v) is 9.99. The topological polar surface area (TPSA) is 130 Å². The van der Waals surface area contributed by atoms with Gasteiger partial charge >= 0.3 is 0 Å². The molecule has 0 bridgehead atoms. The van der Waals surface area contributed by atoms with Crippen LogP contribution >= 0.6 is 0 Å². The van der Waals surface area contributed by atoms with Crippen molar-refractivity contribution in [1.29, 1.82) is 0 Å². The molecule has 3 aromatic rings. The SMILES string of the molecule is CC(=O)Nc1cc(-c2[nH]c3c(c2Nc2ccccc2)C(=O)CC(CCOS(C)(=O)=O)C3)ccn1. The first-order valence-corrected chi connectivity index (χ1v) is 12.7. The van der Waals surface area contributed by atoms with Crippen molar-refractivity contribution < 1.29 is 22.2 Å². The molecule has 178 valence electrons. The fourth-order valence-corrected chi connectivity index (χ4v) is 4.55. The van der Waals surface area contributed by atoms with Crippen molar-refractivity contribution in [1.82, 2.24) is 9.97 Å². The first kappa shape index (κ1) is 23.7. The number of amides is 1. The van der Waals surface area contributed by atoms with E-state index in [1.807, 2.05) is 30.3 Å². The Morgan fingerprint density at radius 1 is 1.21 bits per heavy atom. The fourth-order valence-electron chi connectivity index (χ4n) is 4.15. The molecule has 4 rings (SSSR count). The Bertz CT molecular complexity index is 1320. The molecule has 0 fully saturated rings. The summed E-state index contributed by atoms with van der Waals surface area (Å²) in [4.78, 5) is 32.3. The summed E-state index contributed by atoms with van der Waals surface area (Å²) in [6.07, 6.45) is 3.95. The number of fused-ring (bicyclic) bond motifs is 1. The van der Waals surface area contributed by atoms with Gasteiger partial charge in [-0.05, 0) is 43.0 Å². The molecule has 1 atom stereocenters. The van der Waals surface area contributed by atoms with Crippen LogP contribution in [0.5, 0.6) is 0 Å². The van der Waals surface area contributed by atoms with E-state index in [2.05, 4.69) is 20.6 Å². The van der Waals surface area contributed by atoms with Gasteiger partial charge in [0.15, 0.2) is 5.78 Å². The highest BCUT2D eigenvalue weighted by Crippen LogP contribution is 2.40. The van der Waals surface area contributed by atoms with Crippen molar-refractivity contribution >= 4 is 39.0 Å². The standard InChI is InChI=1S/C24H26N4O5S/c1-15(29)26-21-14-17(8-10-25-21)23-24(27-18-6-4-3-5-7-18)22-19(28-23)12-16(13-20(22)30)9-11-33-34(2,31)32/h3-8,10,14,16,27-28H,9,11-13H2,1-2H3,(H,25,26,29). The van der Waals surface area contributed by atoms with Gasteiger partial charge in [0.1, 0.15) is 5.82 Å². The van der Waals surface area contributed by atoms with Gasteiger partial charge in [-0.1, -0.05) is 18.2 Å². The average molecular weight is 483 g/mol. The first-order chi connectivity index (χ1) is 16.2. The van der Waals surface area contributed by atoms with Gasteiger partial charge < -0.3 is 15.6 Å². The molecule has 0 spiro atoms. The maximum Gasteiger partial charge on any atom is 0.264 e. The number of ketones is 1. The molecule has 2 heterocycles. The molecular formula is C24H26N4O5S. The zero-order valence-corrected chi connectivity index (χ0v) is 19.7. The normalized spacial score (nSPS) is 15.6. The van der Waals surface area contributed by atoms with Crippen LogP contribution in [-0.4, -0.2) is 42.9 Å². The van der Waals surface area contributed by atoms with Crippen LogP contribution in [0.3, 0.4) is 0 Å². The summed E-state index contributed by atoms with van der Waals surface area (Å²) < 4.78 is 27.4. The minimum atomic E-state index is -3.52. The molecule has 1 unspecified atom stereocenters. The maximum atomic E-state index is 13.2. The summed E-state index contributed by atoms with van der Waals surface area (Å²) in [5, 5.41) is 6.07. The van der Waals surface area contributed by atoms with Crippen molar-refractivity contribution in [3.63, 3.8) is 0 Å². The van der Waals surface area contributed by atoms with Crippen LogP contribution in [0.2, 0.25) is 0 Å². The molecule has 9 nitrogen and oxygen atoms in total. The highest BCUT2D eigenvalue weighted by Gasteiger charge is 2.32. The third kappa shape index (κ3) is 5.70. The number of carbonyl (C=O) groups is 2. The Morgan fingerprint density at radius 2 is 1.97 bits per heavy atom. The monoisotopic (exact) mass is 482 g/mol. The molecule has 3 N–H and O–H groups in total. The number of benzene rings is 1. The van der Waals surface area contributed by atoms with E-state index in [-0.39, 0.29) is 24.2 Å². The van der Waals surface area contributed by atoms with Gasteiger partial charge in [-0.3, -0.25) is 13.8 Å². The third-order valence-corrected chi connectivity index (χ3v) is 6.14. The molecule has 2 aromatic heterocycles. The molecule has 1 aliphatic rings. The van der Waals surface area contributed by atoms with Crippen molar-refractivity contribution in [2.75, 3.05) is 23.5 Å². The smallest absolute Gasteiger partial charge is 0.264 e. The number of aromatic nitrogens is 2. The second-order valence-electron chi connectivity index (χ2n) is 8.34. The van der Waals surface area contributed by atoms with Crippen molar-refractivity contribution in [3.8, 4) is 11.3 Å². The minimum Gasteiger partial charge on any atom is -0.356 e. The highest BCUT2D eigenvalue weighted by atomic mass is 32.2. The van der Waals surface area contributed by atoms with E-state index in [0.717, 1.165) is 23.2 Å². The summed E-state index contributed by atoms with van der Waals surface area (Å²) in [5.41, 5.74) is 4.35. The number of hydrogen-bond acceptors (Lipinski definition) is 7. The first-order valence-electron chi connectivity index (χ1n) is 10.9. The highest BCUT2D eigenvalue weighted by molar-refractivity contribution is 7.85. The number of rotatable bonds is 8.